The zero-order valence-corrected chi connectivity index (χ0v) is 24.7. The third kappa shape index (κ3) is 8.85. The van der Waals surface area contributed by atoms with Gasteiger partial charge in [0.2, 0.25) is 8.45 Å². The highest BCUT2D eigenvalue weighted by Gasteiger charge is 2.31. The third-order valence-electron chi connectivity index (χ3n) is 6.04. The van der Waals surface area contributed by atoms with E-state index in [2.05, 4.69) is 15.7 Å². The van der Waals surface area contributed by atoms with Crippen molar-refractivity contribution in [2.45, 2.75) is 31.8 Å². The van der Waals surface area contributed by atoms with Crippen molar-refractivity contribution in [3.05, 3.63) is 75.3 Å². The van der Waals surface area contributed by atoms with E-state index in [9.17, 15) is 18.8 Å². The summed E-state index contributed by atoms with van der Waals surface area (Å²) < 4.78 is 26.2. The van der Waals surface area contributed by atoms with Crippen molar-refractivity contribution in [1.82, 2.24) is 20.4 Å². The quantitative estimate of drug-likeness (QED) is 0.109. The number of carbonyl (C=O) groups is 3. The summed E-state index contributed by atoms with van der Waals surface area (Å²) in [6.45, 7) is 2.62. The zero-order chi connectivity index (χ0) is 30.1. The summed E-state index contributed by atoms with van der Waals surface area (Å²) in [6.07, 6.45) is 1.79. The van der Waals surface area contributed by atoms with Crippen molar-refractivity contribution < 1.29 is 28.0 Å². The number of ether oxygens (including phenoxy) is 1. The number of carbonyl (C=O) groups excluding carboxylic acids is 3. The molecule has 0 aromatic heterocycles. The van der Waals surface area contributed by atoms with Crippen LogP contribution in [0.3, 0.4) is 0 Å². The van der Waals surface area contributed by atoms with E-state index < -0.39 is 38.1 Å². The molecule has 2 aromatic carbocycles. The number of allylic oxidation sites excluding steroid dienone is 1. The summed E-state index contributed by atoms with van der Waals surface area (Å²) in [5.41, 5.74) is 5.42. The van der Waals surface area contributed by atoms with E-state index >= 15 is 0 Å². The molecule has 0 aliphatic carbocycles. The minimum atomic E-state index is -1.53. The number of nitrogens with one attached hydrogen (secondary N) is 4. The summed E-state index contributed by atoms with van der Waals surface area (Å²) >= 11 is 12.2. The van der Waals surface area contributed by atoms with Gasteiger partial charge in [0.05, 0.1) is 28.4 Å². The number of rotatable bonds is 11. The molecule has 1 heterocycles. The largest absolute Gasteiger partial charge is 0.468 e. The van der Waals surface area contributed by atoms with Crippen molar-refractivity contribution in [1.29, 1.82) is 5.41 Å². The second kappa shape index (κ2) is 15.1. The Balaban J connectivity index is 1.64. The molecule has 2 unspecified atom stereocenters. The van der Waals surface area contributed by atoms with Crippen molar-refractivity contribution in [2.24, 2.45) is 5.73 Å². The standard InChI is InChI=1S/C26H30Cl2FN6O5P/c1-15(26(38)39-2)34-41(40-18-8-6-16(29)7-9-18)35-12-10-17(11-13-35)32-25(37)23(31)21(14-30)33-24(36)22-19(27)4-3-5-20(22)28/h3-9,14-15,17,30,34H,10-13,31H2,1-2H3,(H,32,37)(H,33,36)/b23-21+,30-14?. The number of amides is 2. The number of benzene rings is 2. The highest BCUT2D eigenvalue weighted by Crippen LogP contribution is 2.41. The molecule has 3 rings (SSSR count). The fourth-order valence-electron chi connectivity index (χ4n) is 3.81. The van der Waals surface area contributed by atoms with Crippen LogP contribution in [-0.2, 0) is 14.3 Å². The molecule has 1 aliphatic heterocycles. The maximum atomic E-state index is 13.4. The van der Waals surface area contributed by atoms with Gasteiger partial charge in [0.25, 0.3) is 11.8 Å². The highest BCUT2D eigenvalue weighted by atomic mass is 35.5. The second-order valence-electron chi connectivity index (χ2n) is 8.92. The lowest BCUT2D eigenvalue weighted by Crippen LogP contribution is -2.47. The van der Waals surface area contributed by atoms with Gasteiger partial charge in [0.15, 0.2) is 0 Å². The topological polar surface area (TPSA) is 159 Å². The highest BCUT2D eigenvalue weighted by molar-refractivity contribution is 7.48. The van der Waals surface area contributed by atoms with Gasteiger partial charge in [-0.2, -0.15) is 0 Å². The fourth-order valence-corrected chi connectivity index (χ4v) is 6.07. The van der Waals surface area contributed by atoms with Crippen LogP contribution in [0.2, 0.25) is 10.0 Å². The Morgan fingerprint density at radius 3 is 2.32 bits per heavy atom. The van der Waals surface area contributed by atoms with Crippen LogP contribution >= 0.6 is 31.7 Å². The van der Waals surface area contributed by atoms with Crippen LogP contribution in [-0.4, -0.2) is 61.0 Å². The monoisotopic (exact) mass is 626 g/mol. The van der Waals surface area contributed by atoms with Crippen molar-refractivity contribution in [3.8, 4) is 5.75 Å². The molecule has 2 amide bonds. The Kier molecular flexibility index (Phi) is 11.9. The van der Waals surface area contributed by atoms with Gasteiger partial charge in [0.1, 0.15) is 23.3 Å². The first kappa shape index (κ1) is 32.2. The number of piperidine rings is 1. The normalized spacial score (nSPS) is 16.1. The molecule has 15 heteroatoms. The number of nitrogens with two attached hydrogens (primary N) is 1. The summed E-state index contributed by atoms with van der Waals surface area (Å²) in [5.74, 6) is -1.81. The second-order valence-corrected chi connectivity index (χ2v) is 11.3. The summed E-state index contributed by atoms with van der Waals surface area (Å²) in [7, 11) is -0.239. The molecule has 6 N–H and O–H groups in total. The predicted molar refractivity (Wildman–Crippen MR) is 155 cm³/mol. The molecular formula is C26H30Cl2FN6O5P. The summed E-state index contributed by atoms with van der Waals surface area (Å²) in [5, 5.41) is 16.2. The number of hydrogen-bond donors (Lipinski definition) is 5. The van der Waals surface area contributed by atoms with Crippen LogP contribution in [0.15, 0.2) is 53.9 Å². The van der Waals surface area contributed by atoms with E-state index in [0.29, 0.717) is 31.7 Å². The van der Waals surface area contributed by atoms with Crippen molar-refractivity contribution in [3.63, 3.8) is 0 Å². The smallest absolute Gasteiger partial charge is 0.322 e. The molecule has 0 saturated carbocycles. The van der Waals surface area contributed by atoms with E-state index in [0.717, 1.165) is 6.21 Å². The lowest BCUT2D eigenvalue weighted by molar-refractivity contribution is -0.142. The Morgan fingerprint density at radius 1 is 1.15 bits per heavy atom. The van der Waals surface area contributed by atoms with Gasteiger partial charge in [-0.1, -0.05) is 29.3 Å². The molecule has 2 aromatic rings. The first-order valence-electron chi connectivity index (χ1n) is 12.4. The van der Waals surface area contributed by atoms with E-state index in [1.54, 1.807) is 13.0 Å². The molecule has 0 radical (unpaired) electrons. The molecule has 2 atom stereocenters. The minimum Gasteiger partial charge on any atom is -0.468 e. The van der Waals surface area contributed by atoms with Crippen LogP contribution < -0.4 is 26.0 Å². The third-order valence-corrected chi connectivity index (χ3v) is 8.58. The molecular weight excluding hydrogens is 597 g/mol. The van der Waals surface area contributed by atoms with E-state index in [-0.39, 0.29) is 33.0 Å². The Hall–Kier alpha value is -3.28. The van der Waals surface area contributed by atoms with E-state index in [4.69, 9.17) is 43.6 Å². The number of nitrogens with zero attached hydrogens (tertiary/aromatic N) is 1. The maximum Gasteiger partial charge on any atom is 0.322 e. The average molecular weight is 627 g/mol. The molecule has 1 fully saturated rings. The van der Waals surface area contributed by atoms with Gasteiger partial charge in [-0.05, 0) is 56.2 Å². The Bertz CT molecular complexity index is 1290. The molecule has 0 spiro atoms. The van der Waals surface area contributed by atoms with E-state index in [1.807, 2.05) is 4.67 Å². The Labute approximate surface area is 248 Å². The number of esters is 1. The van der Waals surface area contributed by atoms with Crippen LogP contribution in [0.25, 0.3) is 0 Å². The predicted octanol–water partition coefficient (Wildman–Crippen LogP) is 3.72. The molecule has 220 valence electrons. The molecule has 1 aliphatic rings. The fraction of sp³-hybridized carbons (Fsp3) is 0.308. The zero-order valence-electron chi connectivity index (χ0n) is 22.2. The first-order valence-corrected chi connectivity index (χ1v) is 14.4. The van der Waals surface area contributed by atoms with Gasteiger partial charge >= 0.3 is 5.97 Å². The maximum absolute atomic E-state index is 13.4. The van der Waals surface area contributed by atoms with Crippen LogP contribution in [0.4, 0.5) is 4.39 Å². The van der Waals surface area contributed by atoms with Gasteiger partial charge in [-0.3, -0.25) is 14.4 Å². The minimum absolute atomic E-state index is 0.00903. The van der Waals surface area contributed by atoms with Crippen molar-refractivity contribution >= 4 is 55.7 Å². The number of halogens is 3. The summed E-state index contributed by atoms with van der Waals surface area (Å²) in [6, 6.07) is 9.17. The SMILES string of the molecule is COC(=O)C(C)NP(Oc1ccc(F)cc1)N1CCC(NC(=O)/C(N)=C(/C=N)NC(=O)c2c(Cl)cccc2Cl)CC1. The lowest BCUT2D eigenvalue weighted by atomic mass is 10.1. The average Bonchev–Trinajstić information content (AvgIpc) is 2.96. The van der Waals surface area contributed by atoms with Crippen LogP contribution in [0.5, 0.6) is 5.75 Å². The lowest BCUT2D eigenvalue weighted by Gasteiger charge is -2.37. The van der Waals surface area contributed by atoms with E-state index in [1.165, 1.54) is 43.5 Å². The van der Waals surface area contributed by atoms with Gasteiger partial charge in [-0.25, -0.2) is 14.1 Å². The van der Waals surface area contributed by atoms with Gasteiger partial charge in [0, 0.05) is 25.3 Å². The first-order chi connectivity index (χ1) is 19.5. The number of hydrogen-bond acceptors (Lipinski definition) is 9. The molecule has 1 saturated heterocycles. The van der Waals surface area contributed by atoms with Gasteiger partial charge < -0.3 is 31.0 Å². The van der Waals surface area contributed by atoms with Gasteiger partial charge in [-0.15, -0.1) is 0 Å². The van der Waals surface area contributed by atoms with Crippen LogP contribution in [0.1, 0.15) is 30.1 Å². The summed E-state index contributed by atoms with van der Waals surface area (Å²) in [4.78, 5) is 37.6. The van der Waals surface area contributed by atoms with Crippen molar-refractivity contribution in [2.75, 3.05) is 20.2 Å². The van der Waals surface area contributed by atoms with Crippen LogP contribution in [0, 0.1) is 11.2 Å². The molecule has 11 nitrogen and oxygen atoms in total. The Morgan fingerprint density at radius 2 is 1.76 bits per heavy atom. The number of methoxy groups -OCH3 is 1. The molecule has 0 bridgehead atoms. The molecule has 41 heavy (non-hydrogen) atoms.